The number of aromatic nitrogens is 3. The van der Waals surface area contributed by atoms with Crippen molar-refractivity contribution in [2.75, 3.05) is 4.90 Å². The van der Waals surface area contributed by atoms with E-state index in [-0.39, 0.29) is 17.5 Å². The van der Waals surface area contributed by atoms with Gasteiger partial charge in [0.15, 0.2) is 5.69 Å². The van der Waals surface area contributed by atoms with Crippen molar-refractivity contribution < 1.29 is 4.79 Å². The predicted octanol–water partition coefficient (Wildman–Crippen LogP) is 5.00. The molecule has 3 aromatic carbocycles. The topological polar surface area (TPSA) is 60.1 Å². The smallest absolute Gasteiger partial charge is 0.296 e. The number of hydrogen-bond acceptors (Lipinski definition) is 3. The van der Waals surface area contributed by atoms with Gasteiger partial charge in [-0.1, -0.05) is 54.1 Å². The molecule has 6 nitrogen and oxygen atoms in total. The van der Waals surface area contributed by atoms with Crippen molar-refractivity contribution in [3.05, 3.63) is 100 Å². The molecule has 1 amide bonds. The summed E-state index contributed by atoms with van der Waals surface area (Å²) >= 11 is 0. The third-order valence-electron chi connectivity index (χ3n) is 6.59. The zero-order valence-electron chi connectivity index (χ0n) is 19.1. The minimum absolute atomic E-state index is 0.140. The molecule has 34 heavy (non-hydrogen) atoms. The number of hydrogen-bond donors (Lipinski definition) is 0. The molecular weight excluding hydrogens is 424 g/mol. The average Bonchev–Trinajstić information content (AvgIpc) is 3.65. The second kappa shape index (κ2) is 7.70. The van der Waals surface area contributed by atoms with Gasteiger partial charge < -0.3 is 9.47 Å². The van der Waals surface area contributed by atoms with Crippen molar-refractivity contribution in [3.8, 4) is 5.69 Å². The molecule has 6 heteroatoms. The van der Waals surface area contributed by atoms with Crippen molar-refractivity contribution in [1.82, 2.24) is 14.3 Å². The zero-order chi connectivity index (χ0) is 23.4. The normalized spacial score (nSPS) is 13.5. The van der Waals surface area contributed by atoms with Crippen LogP contribution in [0.15, 0.2) is 83.7 Å². The quantitative estimate of drug-likeness (QED) is 0.389. The van der Waals surface area contributed by atoms with Gasteiger partial charge in [0, 0.05) is 35.1 Å². The number of rotatable bonds is 4. The SMILES string of the molecule is Cc1ccc(-n2nc(C(=O)N(c3ccccc3)C3CC3)c3c4ccccc4n(C)c3c2=O)cc1. The van der Waals surface area contributed by atoms with Crippen molar-refractivity contribution in [2.45, 2.75) is 25.8 Å². The van der Waals surface area contributed by atoms with E-state index in [4.69, 9.17) is 5.10 Å². The highest BCUT2D eigenvalue weighted by Gasteiger charge is 2.36. The van der Waals surface area contributed by atoms with Crippen LogP contribution >= 0.6 is 0 Å². The number of nitrogens with zero attached hydrogens (tertiary/aromatic N) is 4. The summed E-state index contributed by atoms with van der Waals surface area (Å²) in [5.41, 5.74) is 3.98. The molecule has 168 valence electrons. The first-order chi connectivity index (χ1) is 16.5. The Labute approximate surface area is 196 Å². The maximum atomic E-state index is 14.2. The molecule has 1 aliphatic rings. The third kappa shape index (κ3) is 3.14. The second-order valence-electron chi connectivity index (χ2n) is 8.94. The number of anilines is 1. The van der Waals surface area contributed by atoms with Gasteiger partial charge in [0.25, 0.3) is 11.5 Å². The third-order valence-corrected chi connectivity index (χ3v) is 6.59. The Morgan fingerprint density at radius 3 is 2.32 bits per heavy atom. The molecule has 1 saturated carbocycles. The van der Waals surface area contributed by atoms with Crippen molar-refractivity contribution in [2.24, 2.45) is 7.05 Å². The van der Waals surface area contributed by atoms with Crippen molar-refractivity contribution >= 4 is 33.4 Å². The number of para-hydroxylation sites is 2. The Morgan fingerprint density at radius 2 is 1.62 bits per heavy atom. The van der Waals surface area contributed by atoms with Crippen LogP contribution in [0.2, 0.25) is 0 Å². The summed E-state index contributed by atoms with van der Waals surface area (Å²) in [7, 11) is 1.87. The molecule has 0 saturated heterocycles. The lowest BCUT2D eigenvalue weighted by molar-refractivity contribution is 0.0980. The molecule has 0 aliphatic heterocycles. The van der Waals surface area contributed by atoms with Crippen molar-refractivity contribution in [3.63, 3.8) is 0 Å². The molecule has 0 radical (unpaired) electrons. The molecule has 0 bridgehead atoms. The summed E-state index contributed by atoms with van der Waals surface area (Å²) < 4.78 is 3.24. The van der Waals surface area contributed by atoms with E-state index in [9.17, 15) is 9.59 Å². The molecule has 1 aliphatic carbocycles. The highest BCUT2D eigenvalue weighted by Crippen LogP contribution is 2.35. The molecule has 2 aromatic heterocycles. The number of carbonyl (C=O) groups excluding carboxylic acids is 1. The van der Waals surface area contributed by atoms with E-state index in [2.05, 4.69) is 0 Å². The summed E-state index contributed by atoms with van der Waals surface area (Å²) in [5.74, 6) is -0.184. The molecule has 0 unspecified atom stereocenters. The van der Waals surface area contributed by atoms with Crippen LogP contribution in [0.3, 0.4) is 0 Å². The van der Waals surface area contributed by atoms with E-state index in [0.717, 1.165) is 35.0 Å². The standard InChI is InChI=1S/C28H24N4O2/c1-18-12-14-21(15-13-18)32-28(34)26-24(22-10-6-7-11-23(22)30(26)2)25(29-32)27(33)31(20-16-17-20)19-8-4-3-5-9-19/h3-15,20H,16-17H2,1-2H3. The number of amides is 1. The lowest BCUT2D eigenvalue weighted by atomic mass is 10.1. The van der Waals surface area contributed by atoms with Gasteiger partial charge in [-0.15, -0.1) is 0 Å². The number of aryl methyl sites for hydroxylation is 2. The summed E-state index contributed by atoms with van der Waals surface area (Å²) in [6, 6.07) is 25.3. The van der Waals surface area contributed by atoms with Crippen LogP contribution in [0.4, 0.5) is 5.69 Å². The Hall–Kier alpha value is -4.19. The van der Waals surface area contributed by atoms with Crippen LogP contribution < -0.4 is 10.5 Å². The van der Waals surface area contributed by atoms with Gasteiger partial charge in [-0.2, -0.15) is 9.78 Å². The van der Waals surface area contributed by atoms with Crippen LogP contribution in [0.5, 0.6) is 0 Å². The zero-order valence-corrected chi connectivity index (χ0v) is 19.1. The molecule has 1 fully saturated rings. The fraction of sp³-hybridized carbons (Fsp3) is 0.179. The fourth-order valence-electron chi connectivity index (χ4n) is 4.72. The van der Waals surface area contributed by atoms with E-state index >= 15 is 0 Å². The van der Waals surface area contributed by atoms with Crippen LogP contribution in [0, 0.1) is 6.92 Å². The largest absolute Gasteiger partial charge is 0.339 e. The lowest BCUT2D eigenvalue weighted by Crippen LogP contribution is -2.36. The summed E-state index contributed by atoms with van der Waals surface area (Å²) in [6.07, 6.45) is 1.91. The fourth-order valence-corrected chi connectivity index (χ4v) is 4.72. The molecule has 5 aromatic rings. The molecule has 0 spiro atoms. The van der Waals surface area contributed by atoms with E-state index < -0.39 is 0 Å². The highest BCUT2D eigenvalue weighted by molar-refractivity contribution is 6.20. The average molecular weight is 449 g/mol. The number of fused-ring (bicyclic) bond motifs is 3. The van der Waals surface area contributed by atoms with Crippen LogP contribution in [0.1, 0.15) is 28.9 Å². The van der Waals surface area contributed by atoms with Gasteiger partial charge in [0.05, 0.1) is 5.69 Å². The minimum atomic E-state index is -0.244. The van der Waals surface area contributed by atoms with Crippen LogP contribution in [0.25, 0.3) is 27.5 Å². The van der Waals surface area contributed by atoms with E-state index in [1.807, 2.05) is 102 Å². The highest BCUT2D eigenvalue weighted by atomic mass is 16.2. The van der Waals surface area contributed by atoms with E-state index in [1.165, 1.54) is 4.68 Å². The second-order valence-corrected chi connectivity index (χ2v) is 8.94. The Balaban J connectivity index is 1.68. The van der Waals surface area contributed by atoms with Gasteiger partial charge in [-0.05, 0) is 50.1 Å². The minimum Gasteiger partial charge on any atom is -0.339 e. The first kappa shape index (κ1) is 20.4. The molecule has 0 atom stereocenters. The monoisotopic (exact) mass is 448 g/mol. The van der Waals surface area contributed by atoms with Crippen LogP contribution in [-0.2, 0) is 7.05 Å². The summed E-state index contributed by atoms with van der Waals surface area (Å²) in [6.45, 7) is 2.00. The maximum absolute atomic E-state index is 14.2. The lowest BCUT2D eigenvalue weighted by Gasteiger charge is -2.23. The van der Waals surface area contributed by atoms with Crippen LogP contribution in [-0.4, -0.2) is 26.3 Å². The molecule has 6 rings (SSSR count). The number of benzene rings is 3. The summed E-state index contributed by atoms with van der Waals surface area (Å²) in [4.78, 5) is 29.7. The van der Waals surface area contributed by atoms with Gasteiger partial charge in [-0.3, -0.25) is 9.59 Å². The van der Waals surface area contributed by atoms with E-state index in [1.54, 1.807) is 0 Å². The number of carbonyl (C=O) groups is 1. The Kier molecular flexibility index (Phi) is 4.62. The van der Waals surface area contributed by atoms with Gasteiger partial charge in [0.1, 0.15) is 5.52 Å². The van der Waals surface area contributed by atoms with E-state index in [0.29, 0.717) is 22.3 Å². The Morgan fingerprint density at radius 1 is 0.941 bits per heavy atom. The maximum Gasteiger partial charge on any atom is 0.296 e. The predicted molar refractivity (Wildman–Crippen MR) is 135 cm³/mol. The molecule has 2 heterocycles. The van der Waals surface area contributed by atoms with Crippen molar-refractivity contribution in [1.29, 1.82) is 0 Å². The molecule has 0 N–H and O–H groups in total. The summed E-state index contributed by atoms with van der Waals surface area (Å²) in [5, 5.41) is 6.18. The molecular formula is C28H24N4O2. The van der Waals surface area contributed by atoms with Gasteiger partial charge >= 0.3 is 0 Å². The first-order valence-corrected chi connectivity index (χ1v) is 11.5. The van der Waals surface area contributed by atoms with Gasteiger partial charge in [0.2, 0.25) is 0 Å². The Bertz CT molecular complexity index is 1610. The first-order valence-electron chi connectivity index (χ1n) is 11.5. The van der Waals surface area contributed by atoms with Gasteiger partial charge in [-0.25, -0.2) is 0 Å².